The average molecular weight is 317 g/mol. The molecule has 0 aromatic heterocycles. The van der Waals surface area contributed by atoms with Crippen molar-refractivity contribution in [2.24, 2.45) is 0 Å². The van der Waals surface area contributed by atoms with Gasteiger partial charge < -0.3 is 0 Å². The molecule has 1 atom stereocenters. The van der Waals surface area contributed by atoms with Gasteiger partial charge in [0, 0.05) is 0 Å². The van der Waals surface area contributed by atoms with Crippen LogP contribution in [0.5, 0.6) is 0 Å². The van der Waals surface area contributed by atoms with E-state index in [0.29, 0.717) is 0 Å². The Kier molecular flexibility index (Phi) is 15.5. The van der Waals surface area contributed by atoms with E-state index < -0.39 is 0 Å². The van der Waals surface area contributed by atoms with Crippen molar-refractivity contribution in [2.75, 3.05) is 23.5 Å². The summed E-state index contributed by atoms with van der Waals surface area (Å²) in [7, 11) is -0.281. The van der Waals surface area contributed by atoms with E-state index in [4.69, 9.17) is 0 Å². The molecule has 0 N–H and O–H groups in total. The van der Waals surface area contributed by atoms with Crippen LogP contribution in [0.15, 0.2) is 0 Å². The summed E-state index contributed by atoms with van der Waals surface area (Å²) in [4.78, 5) is 0. The molecule has 0 aromatic rings. The summed E-state index contributed by atoms with van der Waals surface area (Å²) in [5.41, 5.74) is 0. The lowest BCUT2D eigenvalue weighted by Gasteiger charge is -2.36. The van der Waals surface area contributed by atoms with E-state index in [1.807, 2.05) is 0 Å². The summed E-state index contributed by atoms with van der Waals surface area (Å²) in [5, 5.41) is 0. The highest BCUT2D eigenvalue weighted by Gasteiger charge is 2.16. The van der Waals surface area contributed by atoms with Crippen LogP contribution in [-0.4, -0.2) is 23.5 Å². The smallest absolute Gasteiger partial charge is 0.0230 e. The van der Waals surface area contributed by atoms with E-state index in [1.54, 1.807) is 17.3 Å². The second kappa shape index (κ2) is 15.3. The third-order valence-corrected chi connectivity index (χ3v) is 8.54. The van der Waals surface area contributed by atoms with Gasteiger partial charge in [-0.1, -0.05) is 85.0 Å². The van der Waals surface area contributed by atoms with Crippen LogP contribution >= 0.6 is 10.0 Å². The molecule has 130 valence electrons. The third kappa shape index (κ3) is 13.7. The summed E-state index contributed by atoms with van der Waals surface area (Å²) in [5.74, 6) is 4.67. The minimum atomic E-state index is -0.281. The van der Waals surface area contributed by atoms with Gasteiger partial charge >= 0.3 is 0 Å². The van der Waals surface area contributed by atoms with Crippen LogP contribution in [0.3, 0.4) is 0 Å². The summed E-state index contributed by atoms with van der Waals surface area (Å²) in [6, 6.07) is 0. The second-order valence-corrected chi connectivity index (χ2v) is 11.3. The number of unbranched alkanes of at least 4 members (excludes halogenated alkanes) is 10. The van der Waals surface area contributed by atoms with Gasteiger partial charge in [-0.05, 0) is 42.8 Å². The highest BCUT2D eigenvalue weighted by molar-refractivity contribution is 8.33. The molecule has 0 bridgehead atoms. The van der Waals surface area contributed by atoms with Crippen molar-refractivity contribution in [3.8, 4) is 0 Å². The number of hydrogen-bond donors (Lipinski definition) is 0. The highest BCUT2D eigenvalue weighted by atomic mass is 32.3. The molecule has 0 aliphatic heterocycles. The zero-order chi connectivity index (χ0) is 15.8. The predicted octanol–water partition coefficient (Wildman–Crippen LogP) is 7.55. The first-order chi connectivity index (χ1) is 10.2. The van der Waals surface area contributed by atoms with Gasteiger partial charge in [-0.25, -0.2) is 10.0 Å². The first-order valence-electron chi connectivity index (χ1n) is 9.90. The van der Waals surface area contributed by atoms with Crippen LogP contribution in [0, 0.1) is 0 Å². The van der Waals surface area contributed by atoms with Gasteiger partial charge in [0.1, 0.15) is 0 Å². The van der Waals surface area contributed by atoms with E-state index in [0.717, 1.165) is 0 Å². The van der Waals surface area contributed by atoms with Crippen LogP contribution in [0.1, 0.15) is 104 Å². The maximum atomic E-state index is 2.66. The third-order valence-electron chi connectivity index (χ3n) is 4.72. The molecule has 0 saturated heterocycles. The lowest BCUT2D eigenvalue weighted by atomic mass is 10.1. The molecule has 1 heteroatoms. The van der Waals surface area contributed by atoms with Gasteiger partial charge in [0.05, 0.1) is 0 Å². The van der Waals surface area contributed by atoms with Gasteiger partial charge in [0.25, 0.3) is 0 Å². The molecule has 1 unspecified atom stereocenters. The second-order valence-electron chi connectivity index (χ2n) is 7.13. The number of rotatable bonds is 16. The van der Waals surface area contributed by atoms with Gasteiger partial charge in [0.15, 0.2) is 0 Å². The average Bonchev–Trinajstić information content (AvgIpc) is 2.49. The van der Waals surface area contributed by atoms with E-state index in [-0.39, 0.29) is 10.0 Å². The molecule has 0 aliphatic rings. The standard InChI is InChI=1S/C20H44S/c1-5-8-11-13-15-17-20-21(4,18-10-7-3)19-16-14-12-9-6-2/h5-20H2,1-4H3. The molecule has 0 aliphatic carbocycles. The lowest BCUT2D eigenvalue weighted by molar-refractivity contribution is 0.625. The Bertz CT molecular complexity index is 202. The van der Waals surface area contributed by atoms with E-state index >= 15 is 0 Å². The fourth-order valence-corrected chi connectivity index (χ4v) is 6.48. The van der Waals surface area contributed by atoms with Gasteiger partial charge in [-0.3, -0.25) is 0 Å². The Hall–Kier alpha value is 0.350. The Morgan fingerprint density at radius 2 is 0.762 bits per heavy atom. The maximum absolute atomic E-state index is 2.66. The van der Waals surface area contributed by atoms with Crippen LogP contribution in [0.25, 0.3) is 0 Å². The Balaban J connectivity index is 3.86. The largest absolute Gasteiger partial charge is 0.244 e. The summed E-state index contributed by atoms with van der Waals surface area (Å²) in [6.45, 7) is 6.98. The first kappa shape index (κ1) is 21.4. The minimum Gasteiger partial charge on any atom is -0.244 e. The molecule has 0 radical (unpaired) electrons. The molecule has 0 amide bonds. The summed E-state index contributed by atoms with van der Waals surface area (Å²) in [6.07, 6.45) is 21.5. The SMILES string of the molecule is CCCCCCCCS(C)(CCCC)CCCCCCC. The lowest BCUT2D eigenvalue weighted by Crippen LogP contribution is -2.12. The number of hydrogen-bond acceptors (Lipinski definition) is 0. The van der Waals surface area contributed by atoms with E-state index in [9.17, 15) is 0 Å². The minimum absolute atomic E-state index is 0.281. The van der Waals surface area contributed by atoms with Crippen molar-refractivity contribution in [2.45, 2.75) is 104 Å². The Labute approximate surface area is 138 Å². The fraction of sp³-hybridized carbons (Fsp3) is 1.00. The predicted molar refractivity (Wildman–Crippen MR) is 105 cm³/mol. The highest BCUT2D eigenvalue weighted by Crippen LogP contribution is 2.46. The topological polar surface area (TPSA) is 0 Å². The van der Waals surface area contributed by atoms with Crippen LogP contribution in [0.2, 0.25) is 0 Å². The molecule has 0 rings (SSSR count). The van der Waals surface area contributed by atoms with Crippen molar-refractivity contribution in [3.05, 3.63) is 0 Å². The van der Waals surface area contributed by atoms with Gasteiger partial charge in [0.2, 0.25) is 0 Å². The Morgan fingerprint density at radius 1 is 0.429 bits per heavy atom. The van der Waals surface area contributed by atoms with Crippen molar-refractivity contribution in [1.82, 2.24) is 0 Å². The molecular formula is C20H44S. The van der Waals surface area contributed by atoms with Crippen LogP contribution in [0.4, 0.5) is 0 Å². The van der Waals surface area contributed by atoms with Gasteiger partial charge in [-0.15, -0.1) is 0 Å². The van der Waals surface area contributed by atoms with Gasteiger partial charge in [-0.2, -0.15) is 0 Å². The van der Waals surface area contributed by atoms with E-state index in [1.165, 1.54) is 83.5 Å². The molecule has 0 spiro atoms. The maximum Gasteiger partial charge on any atom is -0.0230 e. The Morgan fingerprint density at radius 3 is 1.19 bits per heavy atom. The zero-order valence-electron chi connectivity index (χ0n) is 15.7. The normalized spacial score (nSPS) is 15.8. The summed E-state index contributed by atoms with van der Waals surface area (Å²) >= 11 is 0. The quantitative estimate of drug-likeness (QED) is 0.258. The van der Waals surface area contributed by atoms with Crippen molar-refractivity contribution in [3.63, 3.8) is 0 Å². The first-order valence-corrected chi connectivity index (χ1v) is 12.4. The summed E-state index contributed by atoms with van der Waals surface area (Å²) < 4.78 is 0. The van der Waals surface area contributed by atoms with Crippen LogP contribution in [-0.2, 0) is 0 Å². The van der Waals surface area contributed by atoms with Crippen molar-refractivity contribution >= 4 is 10.0 Å². The molecule has 0 nitrogen and oxygen atoms in total. The molecular weight excluding hydrogens is 272 g/mol. The van der Waals surface area contributed by atoms with Crippen LogP contribution < -0.4 is 0 Å². The molecule has 21 heavy (non-hydrogen) atoms. The van der Waals surface area contributed by atoms with Crippen molar-refractivity contribution in [1.29, 1.82) is 0 Å². The van der Waals surface area contributed by atoms with Crippen molar-refractivity contribution < 1.29 is 0 Å². The zero-order valence-corrected chi connectivity index (χ0v) is 16.5. The molecule has 0 saturated carbocycles. The molecule has 0 fully saturated rings. The molecule has 0 heterocycles. The molecule has 0 aromatic carbocycles. The van der Waals surface area contributed by atoms with E-state index in [2.05, 4.69) is 27.0 Å². The monoisotopic (exact) mass is 316 g/mol. The fourth-order valence-electron chi connectivity index (χ4n) is 3.08.